The van der Waals surface area contributed by atoms with E-state index in [-0.39, 0.29) is 5.56 Å². The summed E-state index contributed by atoms with van der Waals surface area (Å²) in [4.78, 5) is 35.0. The molecule has 0 aromatic heterocycles. The summed E-state index contributed by atoms with van der Waals surface area (Å²) in [5.41, 5.74) is 1.24. The molecule has 0 bridgehead atoms. The van der Waals surface area contributed by atoms with Gasteiger partial charge in [0.15, 0.2) is 5.78 Å². The molecule has 0 amide bonds. The van der Waals surface area contributed by atoms with Gasteiger partial charge in [-0.2, -0.15) is 0 Å². The highest BCUT2D eigenvalue weighted by Gasteiger charge is 2.36. The van der Waals surface area contributed by atoms with Crippen LogP contribution in [0.5, 0.6) is 0 Å². The number of Topliss-reactive ketones (excluding diaryl/α,β-unsaturated/α-hetero) is 1. The van der Waals surface area contributed by atoms with Crippen molar-refractivity contribution in [2.45, 2.75) is 6.92 Å². The van der Waals surface area contributed by atoms with Crippen LogP contribution in [0.3, 0.4) is 0 Å². The fraction of sp³-hybridized carbons (Fsp3) is 0.308. The molecular formula is C13H14O5. The maximum absolute atomic E-state index is 12.1. The molecule has 0 spiro atoms. The van der Waals surface area contributed by atoms with Crippen LogP contribution in [0.25, 0.3) is 0 Å². The van der Waals surface area contributed by atoms with Crippen molar-refractivity contribution < 1.29 is 23.9 Å². The number of hydrogen-bond donors (Lipinski definition) is 0. The molecule has 0 N–H and O–H groups in total. The molecule has 18 heavy (non-hydrogen) atoms. The van der Waals surface area contributed by atoms with E-state index in [0.29, 0.717) is 0 Å². The van der Waals surface area contributed by atoms with Crippen LogP contribution >= 0.6 is 0 Å². The quantitative estimate of drug-likeness (QED) is 0.455. The van der Waals surface area contributed by atoms with Crippen molar-refractivity contribution in [3.8, 4) is 0 Å². The average Bonchev–Trinajstić information content (AvgIpc) is 2.39. The Bertz CT molecular complexity index is 445. The molecule has 0 unspecified atom stereocenters. The fourth-order valence-corrected chi connectivity index (χ4v) is 1.43. The van der Waals surface area contributed by atoms with Crippen molar-refractivity contribution in [1.82, 2.24) is 0 Å². The van der Waals surface area contributed by atoms with Gasteiger partial charge in [-0.05, 0) is 6.92 Å². The Morgan fingerprint density at radius 2 is 1.39 bits per heavy atom. The van der Waals surface area contributed by atoms with Gasteiger partial charge in [0, 0.05) is 5.56 Å². The number of ketones is 1. The molecule has 0 fully saturated rings. The van der Waals surface area contributed by atoms with E-state index in [4.69, 9.17) is 0 Å². The molecule has 1 aromatic rings. The number of carbonyl (C=O) groups is 3. The van der Waals surface area contributed by atoms with E-state index < -0.39 is 23.6 Å². The first kappa shape index (κ1) is 13.9. The lowest BCUT2D eigenvalue weighted by molar-refractivity contribution is -0.155. The largest absolute Gasteiger partial charge is 0.468 e. The number of methoxy groups -OCH3 is 2. The molecule has 0 atom stereocenters. The van der Waals surface area contributed by atoms with Gasteiger partial charge in [-0.15, -0.1) is 0 Å². The lowest BCUT2D eigenvalue weighted by atomic mass is 9.97. The van der Waals surface area contributed by atoms with E-state index in [2.05, 4.69) is 9.47 Å². The van der Waals surface area contributed by atoms with E-state index in [1.807, 2.05) is 6.92 Å². The van der Waals surface area contributed by atoms with Crippen LogP contribution in [0.2, 0.25) is 0 Å². The summed E-state index contributed by atoms with van der Waals surface area (Å²) in [5.74, 6) is -4.05. The predicted molar refractivity (Wildman–Crippen MR) is 63.0 cm³/mol. The summed E-state index contributed by atoms with van der Waals surface area (Å²) in [6.07, 6.45) is 0. The van der Waals surface area contributed by atoms with Crippen LogP contribution in [0.15, 0.2) is 24.3 Å². The molecule has 0 aliphatic rings. The first-order chi connectivity index (χ1) is 8.51. The molecule has 0 aliphatic carbocycles. The zero-order valence-corrected chi connectivity index (χ0v) is 10.4. The van der Waals surface area contributed by atoms with Gasteiger partial charge in [-0.25, -0.2) is 0 Å². The number of esters is 2. The van der Waals surface area contributed by atoms with E-state index >= 15 is 0 Å². The molecule has 5 nitrogen and oxygen atoms in total. The van der Waals surface area contributed by atoms with Crippen molar-refractivity contribution in [1.29, 1.82) is 0 Å². The first-order valence-corrected chi connectivity index (χ1v) is 5.27. The summed E-state index contributed by atoms with van der Waals surface area (Å²) < 4.78 is 8.88. The molecule has 1 rings (SSSR count). The molecule has 1 aromatic carbocycles. The van der Waals surface area contributed by atoms with Crippen LogP contribution in [0, 0.1) is 12.8 Å². The zero-order valence-electron chi connectivity index (χ0n) is 10.4. The Kier molecular flexibility index (Phi) is 4.59. The molecule has 0 saturated heterocycles. The van der Waals surface area contributed by atoms with Gasteiger partial charge in [0.25, 0.3) is 0 Å². The van der Waals surface area contributed by atoms with Gasteiger partial charge in [0.1, 0.15) is 0 Å². The molecule has 96 valence electrons. The second-order valence-electron chi connectivity index (χ2n) is 3.71. The molecule has 0 aliphatic heterocycles. The van der Waals surface area contributed by atoms with E-state index in [1.54, 1.807) is 24.3 Å². The van der Waals surface area contributed by atoms with Crippen LogP contribution in [0.1, 0.15) is 15.9 Å². The third-order valence-corrected chi connectivity index (χ3v) is 2.47. The lowest BCUT2D eigenvalue weighted by Crippen LogP contribution is -2.33. The average molecular weight is 250 g/mol. The third-order valence-electron chi connectivity index (χ3n) is 2.47. The van der Waals surface area contributed by atoms with Crippen molar-refractivity contribution in [2.24, 2.45) is 5.92 Å². The van der Waals surface area contributed by atoms with Gasteiger partial charge in [0.05, 0.1) is 14.2 Å². The summed E-state index contributed by atoms with van der Waals surface area (Å²) in [5, 5.41) is 0. The van der Waals surface area contributed by atoms with Crippen molar-refractivity contribution in [2.75, 3.05) is 14.2 Å². The number of benzene rings is 1. The Labute approximate surface area is 105 Å². The van der Waals surface area contributed by atoms with Gasteiger partial charge in [0.2, 0.25) is 5.92 Å². The number of hydrogen-bond acceptors (Lipinski definition) is 5. The number of ether oxygens (including phenoxy) is 2. The van der Waals surface area contributed by atoms with E-state index in [1.165, 1.54) is 0 Å². The standard InChI is InChI=1S/C13H14O5/c1-8-4-6-9(7-5-8)11(14)10(12(15)17-2)13(16)18-3/h4-7,10H,1-3H3. The van der Waals surface area contributed by atoms with Gasteiger partial charge in [-0.1, -0.05) is 29.8 Å². The Hall–Kier alpha value is -2.17. The van der Waals surface area contributed by atoms with E-state index in [9.17, 15) is 14.4 Å². The molecular weight excluding hydrogens is 236 g/mol. The van der Waals surface area contributed by atoms with Crippen LogP contribution in [0.4, 0.5) is 0 Å². The second-order valence-corrected chi connectivity index (χ2v) is 3.71. The van der Waals surface area contributed by atoms with Gasteiger partial charge >= 0.3 is 11.9 Å². The Morgan fingerprint density at radius 3 is 1.78 bits per heavy atom. The zero-order chi connectivity index (χ0) is 13.7. The lowest BCUT2D eigenvalue weighted by Gasteiger charge is -2.11. The number of carbonyl (C=O) groups excluding carboxylic acids is 3. The minimum Gasteiger partial charge on any atom is -0.468 e. The maximum Gasteiger partial charge on any atom is 0.328 e. The van der Waals surface area contributed by atoms with E-state index in [0.717, 1.165) is 19.8 Å². The van der Waals surface area contributed by atoms with Crippen molar-refractivity contribution >= 4 is 17.7 Å². The highest BCUT2D eigenvalue weighted by Crippen LogP contribution is 2.13. The minimum absolute atomic E-state index is 0.265. The topological polar surface area (TPSA) is 69.7 Å². The minimum atomic E-state index is -1.57. The Balaban J connectivity index is 3.06. The Morgan fingerprint density at radius 1 is 0.944 bits per heavy atom. The van der Waals surface area contributed by atoms with Gasteiger partial charge < -0.3 is 9.47 Å². The number of rotatable bonds is 4. The first-order valence-electron chi connectivity index (χ1n) is 5.27. The summed E-state index contributed by atoms with van der Waals surface area (Å²) in [6, 6.07) is 6.55. The summed E-state index contributed by atoms with van der Waals surface area (Å²) in [7, 11) is 2.22. The van der Waals surface area contributed by atoms with Gasteiger partial charge in [-0.3, -0.25) is 14.4 Å². The van der Waals surface area contributed by atoms with Crippen LogP contribution < -0.4 is 0 Å². The summed E-state index contributed by atoms with van der Waals surface area (Å²) >= 11 is 0. The van der Waals surface area contributed by atoms with Crippen molar-refractivity contribution in [3.63, 3.8) is 0 Å². The highest BCUT2D eigenvalue weighted by atomic mass is 16.5. The highest BCUT2D eigenvalue weighted by molar-refractivity contribution is 6.20. The predicted octanol–water partition coefficient (Wildman–Crippen LogP) is 1.14. The summed E-state index contributed by atoms with van der Waals surface area (Å²) in [6.45, 7) is 1.87. The monoisotopic (exact) mass is 250 g/mol. The normalized spacial score (nSPS) is 10.0. The fourth-order valence-electron chi connectivity index (χ4n) is 1.43. The molecule has 0 radical (unpaired) electrons. The SMILES string of the molecule is COC(=O)C(C(=O)OC)C(=O)c1ccc(C)cc1. The maximum atomic E-state index is 12.1. The van der Waals surface area contributed by atoms with Crippen LogP contribution in [-0.2, 0) is 19.1 Å². The van der Waals surface area contributed by atoms with Crippen molar-refractivity contribution in [3.05, 3.63) is 35.4 Å². The molecule has 0 heterocycles. The molecule has 0 saturated carbocycles. The van der Waals surface area contributed by atoms with Crippen LogP contribution in [-0.4, -0.2) is 31.9 Å². The second kappa shape index (κ2) is 5.95. The third kappa shape index (κ3) is 2.94. The number of aryl methyl sites for hydroxylation is 1. The molecule has 5 heteroatoms. The smallest absolute Gasteiger partial charge is 0.328 e.